The lowest BCUT2D eigenvalue weighted by Crippen LogP contribution is -2.53. The fourth-order valence-electron chi connectivity index (χ4n) is 4.15. The first-order chi connectivity index (χ1) is 18.6. The Morgan fingerprint density at radius 1 is 0.974 bits per heavy atom. The Morgan fingerprint density at radius 3 is 2.23 bits per heavy atom. The molecule has 1 aliphatic heterocycles. The molecular formula is C27H27N3O7S2. The van der Waals surface area contributed by atoms with Crippen molar-refractivity contribution in [1.29, 1.82) is 0 Å². The van der Waals surface area contributed by atoms with Crippen LogP contribution in [0.2, 0.25) is 0 Å². The number of amides is 1. The van der Waals surface area contributed by atoms with Gasteiger partial charge in [-0.25, -0.2) is 22.3 Å². The Bertz CT molecular complexity index is 1630. The number of para-hydroxylation sites is 1. The van der Waals surface area contributed by atoms with Gasteiger partial charge in [-0.05, 0) is 61.9 Å². The maximum Gasteiger partial charge on any atom is 0.264 e. The van der Waals surface area contributed by atoms with E-state index in [1.807, 2.05) is 6.92 Å². The summed E-state index contributed by atoms with van der Waals surface area (Å²) in [5.41, 5.74) is 2.95. The zero-order chi connectivity index (χ0) is 28.2. The Balaban J connectivity index is 1.79. The molecule has 3 aromatic carbocycles. The molecular weight excluding hydrogens is 542 g/mol. The number of aryl methyl sites for hydroxylation is 1. The summed E-state index contributed by atoms with van der Waals surface area (Å²) in [4.78, 5) is 12.7. The van der Waals surface area contributed by atoms with Crippen LogP contribution in [0.25, 0.3) is 0 Å². The number of carbonyl (C=O) groups excluding carboxylic acids is 1. The highest BCUT2D eigenvalue weighted by molar-refractivity contribution is 7.93. The second kappa shape index (κ2) is 11.5. The van der Waals surface area contributed by atoms with Gasteiger partial charge in [-0.3, -0.25) is 14.3 Å². The van der Waals surface area contributed by atoms with Gasteiger partial charge in [-0.1, -0.05) is 41.8 Å². The van der Waals surface area contributed by atoms with Crippen molar-refractivity contribution in [2.75, 3.05) is 17.5 Å². The van der Waals surface area contributed by atoms with Crippen LogP contribution < -0.4 is 14.5 Å². The predicted molar refractivity (Wildman–Crippen MR) is 144 cm³/mol. The molecule has 0 bridgehead atoms. The molecule has 0 saturated carbocycles. The summed E-state index contributed by atoms with van der Waals surface area (Å²) in [6.45, 7) is 2.73. The van der Waals surface area contributed by atoms with Crippen molar-refractivity contribution in [1.82, 2.24) is 9.79 Å². The maximum atomic E-state index is 13.8. The van der Waals surface area contributed by atoms with Gasteiger partial charge in [0.15, 0.2) is 0 Å². The molecule has 39 heavy (non-hydrogen) atoms. The second-order valence-electron chi connectivity index (χ2n) is 8.71. The number of rotatable bonds is 7. The molecule has 0 radical (unpaired) electrons. The van der Waals surface area contributed by atoms with Crippen LogP contribution >= 0.6 is 0 Å². The van der Waals surface area contributed by atoms with Crippen molar-refractivity contribution in [2.45, 2.75) is 36.2 Å². The molecule has 1 amide bonds. The predicted octanol–water partition coefficient (Wildman–Crippen LogP) is 2.67. The Labute approximate surface area is 227 Å². The third kappa shape index (κ3) is 5.76. The smallest absolute Gasteiger partial charge is 0.264 e. The Morgan fingerprint density at radius 2 is 1.59 bits per heavy atom. The van der Waals surface area contributed by atoms with Gasteiger partial charge < -0.3 is 4.74 Å². The first-order valence-electron chi connectivity index (χ1n) is 11.8. The third-order valence-corrected chi connectivity index (χ3v) is 9.88. The lowest BCUT2D eigenvalue weighted by atomic mass is 10.2. The summed E-state index contributed by atoms with van der Waals surface area (Å²) in [5, 5.41) is 9.51. The van der Waals surface area contributed by atoms with E-state index < -0.39 is 38.5 Å². The van der Waals surface area contributed by atoms with Crippen LogP contribution in [0.3, 0.4) is 0 Å². The minimum atomic E-state index is -4.36. The van der Waals surface area contributed by atoms with Crippen molar-refractivity contribution >= 4 is 31.6 Å². The van der Waals surface area contributed by atoms with Crippen LogP contribution in [0.15, 0.2) is 82.6 Å². The summed E-state index contributed by atoms with van der Waals surface area (Å²) in [5.74, 6) is 4.77. The van der Waals surface area contributed by atoms with Gasteiger partial charge >= 0.3 is 0 Å². The van der Waals surface area contributed by atoms with Crippen LogP contribution in [0, 0.1) is 18.8 Å². The number of ether oxygens (including phenoxy) is 1. The topological polar surface area (TPSA) is 133 Å². The van der Waals surface area contributed by atoms with Gasteiger partial charge in [-0.2, -0.15) is 4.31 Å². The number of nitrogens with one attached hydrogen (secondary N) is 1. The van der Waals surface area contributed by atoms with Crippen LogP contribution in [0.5, 0.6) is 5.75 Å². The summed E-state index contributed by atoms with van der Waals surface area (Å²) in [6.07, 6.45) is 0. The monoisotopic (exact) mass is 569 g/mol. The largest absolute Gasteiger partial charge is 0.481 e. The third-order valence-electron chi connectivity index (χ3n) is 6.21. The van der Waals surface area contributed by atoms with E-state index in [-0.39, 0.29) is 28.6 Å². The number of hydroxylamine groups is 1. The molecule has 204 valence electrons. The molecule has 2 N–H and O–H groups in total. The number of carbonyl (C=O) groups is 1. The molecule has 0 saturated heterocycles. The van der Waals surface area contributed by atoms with Crippen molar-refractivity contribution in [3.8, 4) is 17.6 Å². The van der Waals surface area contributed by atoms with Crippen LogP contribution in [0.4, 0.5) is 5.69 Å². The second-order valence-corrected chi connectivity index (χ2v) is 12.5. The van der Waals surface area contributed by atoms with Gasteiger partial charge in [0.2, 0.25) is 10.0 Å². The fraction of sp³-hybridized carbons (Fsp3) is 0.222. The molecule has 1 unspecified atom stereocenters. The Kier molecular flexibility index (Phi) is 8.27. The van der Waals surface area contributed by atoms with Crippen molar-refractivity contribution in [3.63, 3.8) is 0 Å². The van der Waals surface area contributed by atoms with Crippen molar-refractivity contribution in [2.24, 2.45) is 0 Å². The molecule has 0 spiro atoms. The Hall–Kier alpha value is -3.89. The molecule has 0 aromatic heterocycles. The molecule has 1 atom stereocenters. The summed E-state index contributed by atoms with van der Waals surface area (Å²) in [7, 11) is -8.57. The van der Waals surface area contributed by atoms with Gasteiger partial charge in [0, 0.05) is 6.54 Å². The van der Waals surface area contributed by atoms with E-state index in [9.17, 15) is 26.8 Å². The van der Waals surface area contributed by atoms with Gasteiger partial charge in [0.25, 0.3) is 15.9 Å². The zero-order valence-corrected chi connectivity index (χ0v) is 22.9. The van der Waals surface area contributed by atoms with Crippen molar-refractivity contribution in [3.05, 3.63) is 83.9 Å². The normalized spacial score (nSPS) is 15.9. The lowest BCUT2D eigenvalue weighted by molar-refractivity contribution is -0.132. The van der Waals surface area contributed by atoms with Gasteiger partial charge in [0.1, 0.15) is 18.4 Å². The van der Waals surface area contributed by atoms with Crippen molar-refractivity contribution < 1.29 is 31.6 Å². The van der Waals surface area contributed by atoms with E-state index in [4.69, 9.17) is 4.74 Å². The average molecular weight is 570 g/mol. The summed E-state index contributed by atoms with van der Waals surface area (Å²) < 4.78 is 62.6. The first kappa shape index (κ1) is 28.1. The molecule has 0 fully saturated rings. The van der Waals surface area contributed by atoms with Gasteiger partial charge in [0.05, 0.1) is 22.0 Å². The zero-order valence-electron chi connectivity index (χ0n) is 21.2. The standard InChI is InChI=1S/C27H27N3O7S2/c1-3-4-17-37-22-11-15-24(16-12-22)38(33,34)29-18-21-7-5-6-8-25(21)30(19-26(29)27(31)28-32)39(35,36)23-13-9-20(2)10-14-23/h5-16,26,32H,17-19H2,1-2H3,(H,28,31). The van der Waals surface area contributed by atoms with E-state index >= 15 is 0 Å². The van der Waals surface area contributed by atoms with E-state index in [1.54, 1.807) is 43.3 Å². The van der Waals surface area contributed by atoms with Crippen LogP contribution in [-0.4, -0.2) is 51.4 Å². The molecule has 4 rings (SSSR count). The van der Waals surface area contributed by atoms with E-state index in [2.05, 4.69) is 11.8 Å². The number of hydrogen-bond donors (Lipinski definition) is 2. The highest BCUT2D eigenvalue weighted by atomic mass is 32.2. The highest BCUT2D eigenvalue weighted by Crippen LogP contribution is 2.35. The van der Waals surface area contributed by atoms with Gasteiger partial charge in [-0.15, -0.1) is 5.92 Å². The average Bonchev–Trinajstić information content (AvgIpc) is 3.12. The van der Waals surface area contributed by atoms with E-state index in [1.165, 1.54) is 41.9 Å². The summed E-state index contributed by atoms with van der Waals surface area (Å²) >= 11 is 0. The molecule has 1 aliphatic rings. The molecule has 0 aliphatic carbocycles. The number of sulfonamides is 2. The van der Waals surface area contributed by atoms with E-state index in [0.717, 1.165) is 14.2 Å². The number of benzene rings is 3. The minimum Gasteiger partial charge on any atom is -0.481 e. The molecule has 1 heterocycles. The number of nitrogens with zero attached hydrogens (tertiary/aromatic N) is 2. The van der Waals surface area contributed by atoms with Crippen LogP contribution in [-0.2, 0) is 31.4 Å². The van der Waals surface area contributed by atoms with E-state index in [0.29, 0.717) is 11.3 Å². The quantitative estimate of drug-likeness (QED) is 0.254. The first-order valence-corrected chi connectivity index (χ1v) is 14.7. The fourth-order valence-corrected chi connectivity index (χ4v) is 7.22. The number of fused-ring (bicyclic) bond motifs is 1. The maximum absolute atomic E-state index is 13.8. The highest BCUT2D eigenvalue weighted by Gasteiger charge is 2.43. The molecule has 3 aromatic rings. The van der Waals surface area contributed by atoms with Crippen LogP contribution in [0.1, 0.15) is 18.1 Å². The SMILES string of the molecule is CC#CCOc1ccc(S(=O)(=O)N2Cc3ccccc3N(S(=O)(=O)c3ccc(C)cc3)CC2C(=O)NO)cc1. The molecule has 12 heteroatoms. The molecule has 10 nitrogen and oxygen atoms in total. The lowest BCUT2D eigenvalue weighted by Gasteiger charge is -2.30. The summed E-state index contributed by atoms with van der Waals surface area (Å²) in [6, 6.07) is 16.6. The number of hydrogen-bond acceptors (Lipinski definition) is 7. The number of anilines is 1. The minimum absolute atomic E-state index is 0.0225.